The van der Waals surface area contributed by atoms with E-state index < -0.39 is 0 Å². The van der Waals surface area contributed by atoms with Gasteiger partial charge in [0.15, 0.2) is 0 Å². The van der Waals surface area contributed by atoms with E-state index in [0.29, 0.717) is 0 Å². The Kier molecular flexibility index (Phi) is 3.86. The summed E-state index contributed by atoms with van der Waals surface area (Å²) in [6, 6.07) is 5.99. The van der Waals surface area contributed by atoms with Crippen LogP contribution in [0.4, 0.5) is 5.69 Å². The van der Waals surface area contributed by atoms with Crippen molar-refractivity contribution >= 4 is 17.3 Å². The fourth-order valence-corrected chi connectivity index (χ4v) is 1.90. The van der Waals surface area contributed by atoms with E-state index in [9.17, 15) is 0 Å². The number of rotatable bonds is 3. The molecule has 0 bridgehead atoms. The second-order valence-electron chi connectivity index (χ2n) is 4.04. The summed E-state index contributed by atoms with van der Waals surface area (Å²) >= 11 is 6.10. The number of ether oxygens (including phenoxy) is 1. The molecule has 0 aliphatic carbocycles. The van der Waals surface area contributed by atoms with Gasteiger partial charge in [-0.05, 0) is 36.6 Å². The van der Waals surface area contributed by atoms with Crippen LogP contribution in [0.5, 0.6) is 0 Å². The van der Waals surface area contributed by atoms with Crippen LogP contribution in [-0.2, 0) is 4.74 Å². The molecule has 0 aromatic heterocycles. The van der Waals surface area contributed by atoms with Gasteiger partial charge in [0.1, 0.15) is 0 Å². The summed E-state index contributed by atoms with van der Waals surface area (Å²) in [4.78, 5) is 0. The molecule has 0 amide bonds. The molecule has 0 saturated carbocycles. The van der Waals surface area contributed by atoms with E-state index in [1.165, 1.54) is 11.1 Å². The number of nitrogens with one attached hydrogen (secondary N) is 1. The van der Waals surface area contributed by atoms with Gasteiger partial charge in [0.25, 0.3) is 0 Å². The van der Waals surface area contributed by atoms with Crippen molar-refractivity contribution in [1.82, 2.24) is 0 Å². The van der Waals surface area contributed by atoms with E-state index in [-0.39, 0.29) is 0 Å². The van der Waals surface area contributed by atoms with Crippen molar-refractivity contribution in [3.8, 4) is 0 Å². The normalized spacial score (nSPS) is 15.8. The van der Waals surface area contributed by atoms with E-state index in [4.69, 9.17) is 16.3 Å². The van der Waals surface area contributed by atoms with Gasteiger partial charge >= 0.3 is 0 Å². The van der Waals surface area contributed by atoms with Crippen LogP contribution in [0.1, 0.15) is 12.0 Å². The molecule has 1 aromatic carbocycles. The van der Waals surface area contributed by atoms with Crippen LogP contribution in [0.2, 0.25) is 5.02 Å². The van der Waals surface area contributed by atoms with Crippen LogP contribution in [0.25, 0.3) is 0 Å². The highest BCUT2D eigenvalue weighted by atomic mass is 35.5. The van der Waals surface area contributed by atoms with Gasteiger partial charge in [-0.25, -0.2) is 0 Å². The molecule has 16 heavy (non-hydrogen) atoms. The van der Waals surface area contributed by atoms with Gasteiger partial charge in [-0.1, -0.05) is 23.7 Å². The molecule has 0 fully saturated rings. The first-order valence-corrected chi connectivity index (χ1v) is 5.89. The van der Waals surface area contributed by atoms with Crippen molar-refractivity contribution in [2.24, 2.45) is 0 Å². The van der Waals surface area contributed by atoms with E-state index in [0.717, 1.165) is 36.9 Å². The van der Waals surface area contributed by atoms with Crippen LogP contribution >= 0.6 is 11.6 Å². The first-order valence-electron chi connectivity index (χ1n) is 5.51. The topological polar surface area (TPSA) is 21.3 Å². The Balaban J connectivity index is 1.98. The van der Waals surface area contributed by atoms with Crippen LogP contribution in [0.15, 0.2) is 29.8 Å². The lowest BCUT2D eigenvalue weighted by Crippen LogP contribution is -2.14. The van der Waals surface area contributed by atoms with E-state index in [1.807, 2.05) is 12.1 Å². The molecule has 0 unspecified atom stereocenters. The van der Waals surface area contributed by atoms with Crippen LogP contribution in [0.3, 0.4) is 0 Å². The fraction of sp³-hybridized carbons (Fsp3) is 0.385. The first-order chi connectivity index (χ1) is 7.75. The summed E-state index contributed by atoms with van der Waals surface area (Å²) in [6.45, 7) is 4.44. The summed E-state index contributed by atoms with van der Waals surface area (Å²) in [5.74, 6) is 0. The van der Waals surface area contributed by atoms with Crippen molar-refractivity contribution in [2.75, 3.05) is 25.1 Å². The molecule has 1 aromatic rings. The van der Waals surface area contributed by atoms with Gasteiger partial charge in [-0.2, -0.15) is 0 Å². The third-order valence-corrected chi connectivity index (χ3v) is 2.94. The van der Waals surface area contributed by atoms with Gasteiger partial charge in [-0.15, -0.1) is 0 Å². The number of aryl methyl sites for hydroxylation is 1. The average Bonchev–Trinajstić information content (AvgIpc) is 2.32. The highest BCUT2D eigenvalue weighted by Gasteiger charge is 2.05. The van der Waals surface area contributed by atoms with E-state index >= 15 is 0 Å². The smallest absolute Gasteiger partial charge is 0.0693 e. The van der Waals surface area contributed by atoms with Crippen molar-refractivity contribution < 1.29 is 4.74 Å². The Morgan fingerprint density at radius 3 is 3.06 bits per heavy atom. The summed E-state index contributed by atoms with van der Waals surface area (Å²) in [6.07, 6.45) is 3.25. The molecule has 1 aliphatic heterocycles. The summed E-state index contributed by atoms with van der Waals surface area (Å²) in [5.41, 5.74) is 3.50. The highest BCUT2D eigenvalue weighted by molar-refractivity contribution is 6.33. The Morgan fingerprint density at radius 2 is 2.31 bits per heavy atom. The number of hydrogen-bond donors (Lipinski definition) is 1. The quantitative estimate of drug-likeness (QED) is 0.814. The van der Waals surface area contributed by atoms with Gasteiger partial charge in [0.2, 0.25) is 0 Å². The molecule has 2 rings (SSSR count). The van der Waals surface area contributed by atoms with Crippen LogP contribution < -0.4 is 5.32 Å². The molecule has 1 N–H and O–H groups in total. The fourth-order valence-electron chi connectivity index (χ4n) is 1.72. The van der Waals surface area contributed by atoms with Crippen LogP contribution in [-0.4, -0.2) is 19.8 Å². The highest BCUT2D eigenvalue weighted by Crippen LogP contribution is 2.23. The minimum atomic E-state index is 0.733. The lowest BCUT2D eigenvalue weighted by molar-refractivity contribution is 0.150. The lowest BCUT2D eigenvalue weighted by atomic mass is 10.2. The molecule has 2 nitrogen and oxygen atoms in total. The van der Waals surface area contributed by atoms with E-state index in [2.05, 4.69) is 24.4 Å². The molecule has 1 aliphatic rings. The maximum atomic E-state index is 6.10. The predicted octanol–water partition coefficient (Wildman–Crippen LogP) is 3.41. The SMILES string of the molecule is Cc1ccc(Cl)c(NCC2=CCCOC2)c1. The van der Waals surface area contributed by atoms with Crippen molar-refractivity contribution in [1.29, 1.82) is 0 Å². The van der Waals surface area contributed by atoms with Gasteiger partial charge in [0, 0.05) is 6.54 Å². The average molecular weight is 238 g/mol. The maximum absolute atomic E-state index is 6.10. The van der Waals surface area contributed by atoms with Crippen molar-refractivity contribution in [2.45, 2.75) is 13.3 Å². The zero-order valence-corrected chi connectivity index (χ0v) is 10.2. The van der Waals surface area contributed by atoms with Gasteiger partial charge < -0.3 is 10.1 Å². The van der Waals surface area contributed by atoms with Gasteiger partial charge in [0.05, 0.1) is 23.9 Å². The molecule has 0 spiro atoms. The molecule has 86 valence electrons. The third-order valence-electron chi connectivity index (χ3n) is 2.61. The lowest BCUT2D eigenvalue weighted by Gasteiger charge is -2.15. The molecular weight excluding hydrogens is 222 g/mol. The molecule has 0 radical (unpaired) electrons. The summed E-state index contributed by atoms with van der Waals surface area (Å²) in [7, 11) is 0. The predicted molar refractivity (Wildman–Crippen MR) is 68.2 cm³/mol. The largest absolute Gasteiger partial charge is 0.380 e. The van der Waals surface area contributed by atoms with Gasteiger partial charge in [-0.3, -0.25) is 0 Å². The third kappa shape index (κ3) is 3.00. The van der Waals surface area contributed by atoms with Crippen molar-refractivity contribution in [3.63, 3.8) is 0 Å². The molecule has 1 heterocycles. The summed E-state index contributed by atoms with van der Waals surface area (Å²) < 4.78 is 5.38. The Hall–Kier alpha value is -0.990. The molecular formula is C13H16ClNO. The standard InChI is InChI=1S/C13H16ClNO/c1-10-4-5-12(14)13(7-10)15-8-11-3-2-6-16-9-11/h3-5,7,15H,2,6,8-9H2,1H3. The van der Waals surface area contributed by atoms with E-state index in [1.54, 1.807) is 0 Å². The number of halogens is 1. The monoisotopic (exact) mass is 237 g/mol. The zero-order chi connectivity index (χ0) is 11.4. The zero-order valence-electron chi connectivity index (χ0n) is 9.42. The number of anilines is 1. The Morgan fingerprint density at radius 1 is 1.44 bits per heavy atom. The molecule has 3 heteroatoms. The molecule has 0 saturated heterocycles. The Labute approximate surface area is 101 Å². The number of benzene rings is 1. The second kappa shape index (κ2) is 5.37. The maximum Gasteiger partial charge on any atom is 0.0693 e. The first kappa shape index (κ1) is 11.5. The Bertz CT molecular complexity index is 401. The van der Waals surface area contributed by atoms with Crippen molar-refractivity contribution in [3.05, 3.63) is 40.4 Å². The minimum absolute atomic E-state index is 0.733. The number of hydrogen-bond acceptors (Lipinski definition) is 2. The van der Waals surface area contributed by atoms with Crippen LogP contribution in [0, 0.1) is 6.92 Å². The molecule has 0 atom stereocenters. The second-order valence-corrected chi connectivity index (χ2v) is 4.45. The summed E-state index contributed by atoms with van der Waals surface area (Å²) in [5, 5.41) is 4.11. The minimum Gasteiger partial charge on any atom is -0.380 e.